The maximum atomic E-state index is 14.0. The number of hydrogen-bond acceptors (Lipinski definition) is 1. The predicted octanol–water partition coefficient (Wildman–Crippen LogP) is 4.45. The molecule has 0 bridgehead atoms. The number of nitriles is 1. The first-order chi connectivity index (χ1) is 7.36. The summed E-state index contributed by atoms with van der Waals surface area (Å²) < 4.78 is 14.0. The van der Waals surface area contributed by atoms with Crippen molar-refractivity contribution in [1.29, 1.82) is 5.26 Å². The highest BCUT2D eigenvalue weighted by atomic mass is 19.1. The van der Waals surface area contributed by atoms with Crippen molar-refractivity contribution in [1.82, 2.24) is 0 Å². The van der Waals surface area contributed by atoms with Gasteiger partial charge in [0.15, 0.2) is 0 Å². The highest BCUT2D eigenvalue weighted by molar-refractivity contribution is 5.42. The zero-order valence-electron chi connectivity index (χ0n) is 10.4. The lowest BCUT2D eigenvalue weighted by molar-refractivity contribution is 0.377. The Morgan fingerprint density at radius 1 is 1.31 bits per heavy atom. The monoisotopic (exact) mass is 219 g/mol. The number of hydrogen-bond donors (Lipinski definition) is 0. The van der Waals surface area contributed by atoms with E-state index in [1.54, 1.807) is 6.08 Å². The maximum Gasteiger partial charge on any atom is 0.108 e. The third kappa shape index (κ3) is 2.82. The SMILES string of the molecule is C/C(C1=CC=C(C#N)CC1)=C(\F)C(C)(C)C. The molecule has 1 aliphatic rings. The summed E-state index contributed by atoms with van der Waals surface area (Å²) in [7, 11) is 0. The van der Waals surface area contributed by atoms with E-state index in [0.29, 0.717) is 0 Å². The molecule has 0 aromatic heterocycles. The van der Waals surface area contributed by atoms with E-state index in [0.717, 1.165) is 29.6 Å². The molecule has 1 aliphatic carbocycles. The van der Waals surface area contributed by atoms with Crippen LogP contribution < -0.4 is 0 Å². The fourth-order valence-electron chi connectivity index (χ4n) is 1.75. The summed E-state index contributed by atoms with van der Waals surface area (Å²) >= 11 is 0. The zero-order chi connectivity index (χ0) is 12.3. The van der Waals surface area contributed by atoms with Gasteiger partial charge in [0.05, 0.1) is 6.07 Å². The van der Waals surface area contributed by atoms with E-state index in [2.05, 4.69) is 6.07 Å². The van der Waals surface area contributed by atoms with Crippen LogP contribution in [-0.2, 0) is 0 Å². The lowest BCUT2D eigenvalue weighted by Crippen LogP contribution is -2.09. The third-order valence-electron chi connectivity index (χ3n) is 2.76. The van der Waals surface area contributed by atoms with E-state index in [4.69, 9.17) is 5.26 Å². The Morgan fingerprint density at radius 2 is 1.94 bits per heavy atom. The van der Waals surface area contributed by atoms with Crippen molar-refractivity contribution in [3.8, 4) is 6.07 Å². The van der Waals surface area contributed by atoms with Crippen LogP contribution in [0.3, 0.4) is 0 Å². The Balaban J connectivity index is 3.02. The molecule has 86 valence electrons. The molecule has 0 heterocycles. The minimum absolute atomic E-state index is 0.0624. The molecule has 0 aromatic rings. The predicted molar refractivity (Wildman–Crippen MR) is 64.3 cm³/mol. The van der Waals surface area contributed by atoms with Gasteiger partial charge in [-0.2, -0.15) is 5.26 Å². The number of halogens is 1. The van der Waals surface area contributed by atoms with Crippen molar-refractivity contribution in [2.24, 2.45) is 5.41 Å². The molecule has 0 saturated heterocycles. The number of rotatable bonds is 1. The van der Waals surface area contributed by atoms with Gasteiger partial charge in [-0.3, -0.25) is 0 Å². The summed E-state index contributed by atoms with van der Waals surface area (Å²) in [5.41, 5.74) is 2.06. The average Bonchev–Trinajstić information content (AvgIpc) is 2.26. The van der Waals surface area contributed by atoms with Crippen LogP contribution in [0.4, 0.5) is 4.39 Å². The summed E-state index contributed by atoms with van der Waals surface area (Å²) in [5.74, 6) is -0.0624. The fraction of sp³-hybridized carbons (Fsp3) is 0.500. The van der Waals surface area contributed by atoms with Crippen LogP contribution in [-0.4, -0.2) is 0 Å². The van der Waals surface area contributed by atoms with Crippen LogP contribution >= 0.6 is 0 Å². The highest BCUT2D eigenvalue weighted by Crippen LogP contribution is 2.34. The van der Waals surface area contributed by atoms with Gasteiger partial charge in [0.2, 0.25) is 0 Å². The van der Waals surface area contributed by atoms with E-state index >= 15 is 0 Å². The normalized spacial score (nSPS) is 18.2. The van der Waals surface area contributed by atoms with Crippen molar-refractivity contribution in [2.45, 2.75) is 40.5 Å². The van der Waals surface area contributed by atoms with Crippen LogP contribution in [0.15, 0.2) is 34.7 Å². The van der Waals surface area contributed by atoms with E-state index in [1.165, 1.54) is 0 Å². The minimum Gasteiger partial charge on any atom is -0.211 e. The standard InChI is InChI=1S/C14H18FN/c1-10(13(15)14(2,3)4)12-7-5-11(9-16)6-8-12/h5,7H,6,8H2,1-4H3/b13-10+. The highest BCUT2D eigenvalue weighted by Gasteiger charge is 2.21. The van der Waals surface area contributed by atoms with Crippen molar-refractivity contribution in [3.05, 3.63) is 34.7 Å². The van der Waals surface area contributed by atoms with E-state index in [1.807, 2.05) is 33.8 Å². The molecule has 16 heavy (non-hydrogen) atoms. The lowest BCUT2D eigenvalue weighted by atomic mass is 9.87. The van der Waals surface area contributed by atoms with Crippen LogP contribution in [0, 0.1) is 16.7 Å². The van der Waals surface area contributed by atoms with E-state index in [-0.39, 0.29) is 5.83 Å². The van der Waals surface area contributed by atoms with Gasteiger partial charge in [-0.1, -0.05) is 26.8 Å². The fourth-order valence-corrected chi connectivity index (χ4v) is 1.75. The topological polar surface area (TPSA) is 23.8 Å². The molecule has 0 spiro atoms. The minimum atomic E-state index is -0.440. The van der Waals surface area contributed by atoms with Gasteiger partial charge in [-0.25, -0.2) is 4.39 Å². The Hall–Kier alpha value is -1.36. The molecule has 0 unspecified atom stereocenters. The van der Waals surface area contributed by atoms with Crippen molar-refractivity contribution < 1.29 is 4.39 Å². The maximum absolute atomic E-state index is 14.0. The van der Waals surface area contributed by atoms with Gasteiger partial charge in [0.1, 0.15) is 5.83 Å². The molecular formula is C14H18FN. The molecular weight excluding hydrogens is 201 g/mol. The van der Waals surface area contributed by atoms with Crippen LogP contribution in [0.25, 0.3) is 0 Å². The molecule has 0 radical (unpaired) electrons. The molecule has 0 aliphatic heterocycles. The average molecular weight is 219 g/mol. The smallest absolute Gasteiger partial charge is 0.108 e. The lowest BCUT2D eigenvalue weighted by Gasteiger charge is -2.20. The number of nitrogens with zero attached hydrogens (tertiary/aromatic N) is 1. The summed E-state index contributed by atoms with van der Waals surface area (Å²) in [5, 5.41) is 8.72. The molecule has 2 heteroatoms. The van der Waals surface area contributed by atoms with Gasteiger partial charge in [-0.15, -0.1) is 0 Å². The van der Waals surface area contributed by atoms with Crippen molar-refractivity contribution in [2.75, 3.05) is 0 Å². The van der Waals surface area contributed by atoms with Gasteiger partial charge < -0.3 is 0 Å². The molecule has 1 nitrogen and oxygen atoms in total. The Bertz CT molecular complexity index is 411. The number of allylic oxidation sites excluding steroid dienone is 6. The molecule has 0 aromatic carbocycles. The van der Waals surface area contributed by atoms with Gasteiger partial charge in [-0.05, 0) is 37.0 Å². The van der Waals surface area contributed by atoms with Crippen LogP contribution in [0.5, 0.6) is 0 Å². The molecule has 1 rings (SSSR count). The van der Waals surface area contributed by atoms with Crippen molar-refractivity contribution in [3.63, 3.8) is 0 Å². The second-order valence-corrected chi connectivity index (χ2v) is 5.18. The van der Waals surface area contributed by atoms with Crippen LogP contribution in [0.1, 0.15) is 40.5 Å². The largest absolute Gasteiger partial charge is 0.211 e. The summed E-state index contributed by atoms with van der Waals surface area (Å²) in [6, 6.07) is 2.13. The first-order valence-corrected chi connectivity index (χ1v) is 5.53. The van der Waals surface area contributed by atoms with Gasteiger partial charge in [0.25, 0.3) is 0 Å². The second kappa shape index (κ2) is 4.65. The Labute approximate surface area is 97.0 Å². The van der Waals surface area contributed by atoms with Gasteiger partial charge in [0, 0.05) is 11.0 Å². The first kappa shape index (κ1) is 12.7. The molecule has 0 saturated carbocycles. The summed E-state index contributed by atoms with van der Waals surface area (Å²) in [6.45, 7) is 7.42. The first-order valence-electron chi connectivity index (χ1n) is 5.53. The molecule has 0 amide bonds. The zero-order valence-corrected chi connectivity index (χ0v) is 10.4. The summed E-state index contributed by atoms with van der Waals surface area (Å²) in [6.07, 6.45) is 5.13. The van der Waals surface area contributed by atoms with Crippen LogP contribution in [0.2, 0.25) is 0 Å². The van der Waals surface area contributed by atoms with E-state index < -0.39 is 5.41 Å². The Kier molecular flexibility index (Phi) is 3.70. The Morgan fingerprint density at radius 3 is 2.31 bits per heavy atom. The third-order valence-corrected chi connectivity index (χ3v) is 2.76. The molecule has 0 fully saturated rings. The second-order valence-electron chi connectivity index (χ2n) is 5.18. The summed E-state index contributed by atoms with van der Waals surface area (Å²) in [4.78, 5) is 0. The quantitative estimate of drug-likeness (QED) is 0.639. The van der Waals surface area contributed by atoms with E-state index in [9.17, 15) is 4.39 Å². The van der Waals surface area contributed by atoms with Gasteiger partial charge >= 0.3 is 0 Å². The molecule has 0 atom stereocenters. The molecule has 0 N–H and O–H groups in total. The van der Waals surface area contributed by atoms with Crippen molar-refractivity contribution >= 4 is 0 Å².